The summed E-state index contributed by atoms with van der Waals surface area (Å²) in [5.74, 6) is 1.17. The summed E-state index contributed by atoms with van der Waals surface area (Å²) in [6.07, 6.45) is 0.386. The molecule has 0 bridgehead atoms. The highest BCUT2D eigenvalue weighted by Gasteiger charge is 2.28. The van der Waals surface area contributed by atoms with Gasteiger partial charge < -0.3 is 15.0 Å². The molecule has 4 rings (SSSR count). The molecule has 1 amide bonds. The number of hydrogen-bond acceptors (Lipinski definition) is 4. The van der Waals surface area contributed by atoms with Crippen molar-refractivity contribution in [1.82, 2.24) is 21.2 Å². The number of H-pyrrole nitrogens is 1. The van der Waals surface area contributed by atoms with E-state index in [4.69, 9.17) is 4.74 Å². The number of methoxy groups -OCH3 is 1. The average molecular weight is 407 g/mol. The van der Waals surface area contributed by atoms with Gasteiger partial charge in [0.25, 0.3) is 0 Å². The lowest BCUT2D eigenvalue weighted by atomic mass is 9.94. The lowest BCUT2D eigenvalue weighted by Gasteiger charge is -2.19. The molecule has 2 atom stereocenters. The first kappa shape index (κ1) is 20.4. The van der Waals surface area contributed by atoms with Gasteiger partial charge >= 0.3 is 0 Å². The summed E-state index contributed by atoms with van der Waals surface area (Å²) in [6, 6.07) is 12.5. The molecule has 2 aromatic carbocycles. The number of fused-ring (bicyclic) bond motifs is 1. The van der Waals surface area contributed by atoms with Crippen LogP contribution in [0.3, 0.4) is 0 Å². The van der Waals surface area contributed by atoms with Crippen LogP contribution in [0.5, 0.6) is 5.75 Å². The number of aromatic amines is 1. The molecule has 30 heavy (non-hydrogen) atoms. The Morgan fingerprint density at radius 1 is 1.10 bits per heavy atom. The Labute approximate surface area is 177 Å². The smallest absolute Gasteiger partial charge is 0.224 e. The minimum atomic E-state index is 0.0558. The van der Waals surface area contributed by atoms with Crippen molar-refractivity contribution in [2.24, 2.45) is 5.92 Å². The topological polar surface area (TPSA) is 78.2 Å². The zero-order valence-electron chi connectivity index (χ0n) is 18.1. The predicted octanol–water partition coefficient (Wildman–Crippen LogP) is 3.23. The fraction of sp³-hybridized carbons (Fsp3) is 0.375. The van der Waals surface area contributed by atoms with Gasteiger partial charge in [0.2, 0.25) is 5.91 Å². The van der Waals surface area contributed by atoms with Gasteiger partial charge in [0.1, 0.15) is 5.75 Å². The van der Waals surface area contributed by atoms with Crippen molar-refractivity contribution >= 4 is 16.8 Å². The van der Waals surface area contributed by atoms with E-state index in [1.165, 1.54) is 22.1 Å². The second kappa shape index (κ2) is 8.50. The van der Waals surface area contributed by atoms with Crippen LogP contribution in [0, 0.1) is 26.7 Å². The molecule has 4 N–H and O–H groups in total. The SMILES string of the molecule is COc1ccc(C2NNCC2CNC(=O)Cc2c(C)[nH]c3c(C)ccc(C)c23)cc1. The number of aromatic nitrogens is 1. The summed E-state index contributed by atoms with van der Waals surface area (Å²) < 4.78 is 5.25. The number of rotatable bonds is 6. The Bertz CT molecular complexity index is 1060. The maximum absolute atomic E-state index is 12.8. The third kappa shape index (κ3) is 3.93. The molecule has 1 aliphatic heterocycles. The fourth-order valence-corrected chi connectivity index (χ4v) is 4.39. The van der Waals surface area contributed by atoms with Gasteiger partial charge in [-0.05, 0) is 55.2 Å². The number of ether oxygens (including phenoxy) is 1. The van der Waals surface area contributed by atoms with E-state index in [0.29, 0.717) is 13.0 Å². The molecule has 1 saturated heterocycles. The van der Waals surface area contributed by atoms with E-state index in [1.54, 1.807) is 7.11 Å². The zero-order chi connectivity index (χ0) is 21.3. The van der Waals surface area contributed by atoms with E-state index in [1.807, 2.05) is 19.1 Å². The van der Waals surface area contributed by atoms with Crippen molar-refractivity contribution < 1.29 is 9.53 Å². The van der Waals surface area contributed by atoms with Crippen molar-refractivity contribution in [2.45, 2.75) is 33.2 Å². The number of nitrogens with one attached hydrogen (secondary N) is 4. The highest BCUT2D eigenvalue weighted by Crippen LogP contribution is 2.29. The zero-order valence-corrected chi connectivity index (χ0v) is 18.1. The maximum atomic E-state index is 12.8. The van der Waals surface area contributed by atoms with Crippen LogP contribution in [0.15, 0.2) is 36.4 Å². The van der Waals surface area contributed by atoms with Crippen LogP contribution in [0.25, 0.3) is 10.9 Å². The van der Waals surface area contributed by atoms with Crippen LogP contribution in [-0.4, -0.2) is 31.1 Å². The fourth-order valence-electron chi connectivity index (χ4n) is 4.39. The molecule has 2 heterocycles. The Morgan fingerprint density at radius 3 is 2.57 bits per heavy atom. The van der Waals surface area contributed by atoms with Gasteiger partial charge in [0.15, 0.2) is 0 Å². The Balaban J connectivity index is 1.43. The Morgan fingerprint density at radius 2 is 1.83 bits per heavy atom. The van der Waals surface area contributed by atoms with Gasteiger partial charge in [-0.2, -0.15) is 0 Å². The number of benzene rings is 2. The highest BCUT2D eigenvalue weighted by molar-refractivity contribution is 5.93. The van der Waals surface area contributed by atoms with Crippen LogP contribution < -0.4 is 20.9 Å². The quantitative estimate of drug-likeness (QED) is 0.507. The normalized spacial score (nSPS) is 18.7. The summed E-state index contributed by atoms with van der Waals surface area (Å²) in [5.41, 5.74) is 13.4. The van der Waals surface area contributed by atoms with Crippen LogP contribution in [0.1, 0.15) is 34.0 Å². The number of hydrogen-bond donors (Lipinski definition) is 4. The molecule has 3 aromatic rings. The highest BCUT2D eigenvalue weighted by atomic mass is 16.5. The van der Waals surface area contributed by atoms with Gasteiger partial charge in [-0.3, -0.25) is 10.2 Å². The summed E-state index contributed by atoms with van der Waals surface area (Å²) in [7, 11) is 1.67. The standard InChI is InChI=1S/C24H30N4O2/c1-14-5-6-15(2)23-22(14)20(16(3)27-23)11-21(29)25-12-18-13-26-28-24(18)17-7-9-19(30-4)10-8-17/h5-10,18,24,26-28H,11-13H2,1-4H3,(H,25,29). The molecule has 0 spiro atoms. The van der Waals surface area contributed by atoms with Crippen LogP contribution in [0.2, 0.25) is 0 Å². The van der Waals surface area contributed by atoms with Crippen molar-refractivity contribution in [3.05, 3.63) is 64.3 Å². The molecular formula is C24H30N4O2. The molecule has 1 aromatic heterocycles. The molecule has 6 heteroatoms. The van der Waals surface area contributed by atoms with E-state index in [0.717, 1.165) is 29.1 Å². The molecule has 1 aliphatic rings. The van der Waals surface area contributed by atoms with Gasteiger partial charge in [0.05, 0.1) is 19.6 Å². The Kier molecular flexibility index (Phi) is 5.79. The van der Waals surface area contributed by atoms with Crippen molar-refractivity contribution in [1.29, 1.82) is 0 Å². The summed E-state index contributed by atoms with van der Waals surface area (Å²) >= 11 is 0. The molecule has 0 saturated carbocycles. The second-order valence-electron chi connectivity index (χ2n) is 8.19. The number of carbonyl (C=O) groups excluding carboxylic acids is 1. The third-order valence-corrected chi connectivity index (χ3v) is 6.16. The van der Waals surface area contributed by atoms with Gasteiger partial charge in [0, 0.05) is 35.6 Å². The Hall–Kier alpha value is -2.83. The molecule has 6 nitrogen and oxygen atoms in total. The molecule has 2 unspecified atom stereocenters. The summed E-state index contributed by atoms with van der Waals surface area (Å²) in [6.45, 7) is 7.68. The van der Waals surface area contributed by atoms with E-state index in [9.17, 15) is 4.79 Å². The van der Waals surface area contributed by atoms with Crippen LogP contribution in [0.4, 0.5) is 0 Å². The second-order valence-corrected chi connectivity index (χ2v) is 8.19. The first-order valence-corrected chi connectivity index (χ1v) is 10.4. The lowest BCUT2D eigenvalue weighted by molar-refractivity contribution is -0.120. The molecule has 0 radical (unpaired) electrons. The van der Waals surface area contributed by atoms with Crippen molar-refractivity contribution in [3.8, 4) is 5.75 Å². The number of aryl methyl sites for hydroxylation is 3. The molecule has 0 aliphatic carbocycles. The lowest BCUT2D eigenvalue weighted by Crippen LogP contribution is -2.33. The first-order valence-electron chi connectivity index (χ1n) is 10.4. The van der Waals surface area contributed by atoms with Gasteiger partial charge in [-0.15, -0.1) is 0 Å². The van der Waals surface area contributed by atoms with Crippen LogP contribution >= 0.6 is 0 Å². The predicted molar refractivity (Wildman–Crippen MR) is 120 cm³/mol. The van der Waals surface area contributed by atoms with Gasteiger partial charge in [-0.25, -0.2) is 5.43 Å². The van der Waals surface area contributed by atoms with E-state index in [2.05, 4.69) is 59.3 Å². The monoisotopic (exact) mass is 406 g/mol. The minimum absolute atomic E-state index is 0.0558. The van der Waals surface area contributed by atoms with Crippen LogP contribution in [-0.2, 0) is 11.2 Å². The molecular weight excluding hydrogens is 376 g/mol. The van der Waals surface area contributed by atoms with Crippen molar-refractivity contribution in [3.63, 3.8) is 0 Å². The molecule has 1 fully saturated rings. The summed E-state index contributed by atoms with van der Waals surface area (Å²) in [4.78, 5) is 16.3. The first-order chi connectivity index (χ1) is 14.5. The minimum Gasteiger partial charge on any atom is -0.497 e. The summed E-state index contributed by atoms with van der Waals surface area (Å²) in [5, 5.41) is 4.34. The largest absolute Gasteiger partial charge is 0.497 e. The van der Waals surface area contributed by atoms with E-state index >= 15 is 0 Å². The van der Waals surface area contributed by atoms with Gasteiger partial charge in [-0.1, -0.05) is 24.3 Å². The maximum Gasteiger partial charge on any atom is 0.224 e. The molecule has 158 valence electrons. The number of amides is 1. The number of carbonyl (C=O) groups is 1. The third-order valence-electron chi connectivity index (χ3n) is 6.16. The van der Waals surface area contributed by atoms with Crippen molar-refractivity contribution in [2.75, 3.05) is 20.2 Å². The number of hydrazine groups is 1. The average Bonchev–Trinajstić information content (AvgIpc) is 3.35. The van der Waals surface area contributed by atoms with E-state index in [-0.39, 0.29) is 17.9 Å². The van der Waals surface area contributed by atoms with E-state index < -0.39 is 0 Å².